The number of piperidine rings is 1. The lowest BCUT2D eigenvalue weighted by atomic mass is 9.79. The molecular formula is C17H23N3O2S. The van der Waals surface area contributed by atoms with Crippen LogP contribution in [0.3, 0.4) is 0 Å². The van der Waals surface area contributed by atoms with Crippen molar-refractivity contribution in [2.24, 2.45) is 11.1 Å². The van der Waals surface area contributed by atoms with Gasteiger partial charge in [0, 0.05) is 30.1 Å². The minimum atomic E-state index is -0.0470. The van der Waals surface area contributed by atoms with Crippen LogP contribution in [0.1, 0.15) is 31.7 Å². The molecular weight excluding hydrogens is 310 g/mol. The summed E-state index contributed by atoms with van der Waals surface area (Å²) in [6.45, 7) is 7.51. The van der Waals surface area contributed by atoms with Gasteiger partial charge < -0.3 is 15.1 Å². The number of carbonyl (C=O) groups excluding carboxylic acids is 1. The zero-order valence-corrected chi connectivity index (χ0v) is 14.7. The highest BCUT2D eigenvalue weighted by molar-refractivity contribution is 7.08. The maximum absolute atomic E-state index is 12.6. The number of amides is 1. The smallest absolute Gasteiger partial charge is 0.228 e. The van der Waals surface area contributed by atoms with Crippen molar-refractivity contribution in [1.82, 2.24) is 9.88 Å². The first-order valence-corrected chi connectivity index (χ1v) is 8.83. The molecule has 1 unspecified atom stereocenters. The SMILES string of the molecule is Cc1oc(-c2ccsc2)nc1CC(=O)N1CCC(N)C(C)(C)C1. The zero-order chi connectivity index (χ0) is 16.6. The fraction of sp³-hybridized carbons (Fsp3) is 0.529. The minimum Gasteiger partial charge on any atom is -0.441 e. The quantitative estimate of drug-likeness (QED) is 0.937. The fourth-order valence-corrected chi connectivity index (χ4v) is 3.57. The predicted octanol–water partition coefficient (Wildman–Crippen LogP) is 2.84. The summed E-state index contributed by atoms with van der Waals surface area (Å²) >= 11 is 1.60. The summed E-state index contributed by atoms with van der Waals surface area (Å²) < 4.78 is 5.71. The van der Waals surface area contributed by atoms with Crippen LogP contribution in [-0.2, 0) is 11.2 Å². The van der Waals surface area contributed by atoms with Crippen LogP contribution in [0, 0.1) is 12.3 Å². The van der Waals surface area contributed by atoms with Crippen molar-refractivity contribution in [3.8, 4) is 11.5 Å². The molecule has 3 rings (SSSR count). The Morgan fingerprint density at radius 1 is 1.57 bits per heavy atom. The minimum absolute atomic E-state index is 0.0470. The number of rotatable bonds is 3. The number of oxazole rings is 1. The topological polar surface area (TPSA) is 72.4 Å². The summed E-state index contributed by atoms with van der Waals surface area (Å²) in [6.07, 6.45) is 1.13. The summed E-state index contributed by atoms with van der Waals surface area (Å²) in [5.74, 6) is 1.40. The van der Waals surface area contributed by atoms with E-state index in [0.29, 0.717) is 18.2 Å². The molecule has 124 valence electrons. The molecule has 23 heavy (non-hydrogen) atoms. The van der Waals surface area contributed by atoms with Crippen molar-refractivity contribution < 1.29 is 9.21 Å². The van der Waals surface area contributed by atoms with Gasteiger partial charge >= 0.3 is 0 Å². The van der Waals surface area contributed by atoms with Crippen LogP contribution in [0.25, 0.3) is 11.5 Å². The van der Waals surface area contributed by atoms with E-state index >= 15 is 0 Å². The molecule has 1 amide bonds. The van der Waals surface area contributed by atoms with Crippen molar-refractivity contribution in [3.63, 3.8) is 0 Å². The van der Waals surface area contributed by atoms with Gasteiger partial charge in [0.15, 0.2) is 0 Å². The van der Waals surface area contributed by atoms with Gasteiger partial charge in [-0.2, -0.15) is 11.3 Å². The summed E-state index contributed by atoms with van der Waals surface area (Å²) in [5.41, 5.74) is 7.78. The average Bonchev–Trinajstić information content (AvgIpc) is 3.12. The van der Waals surface area contributed by atoms with Gasteiger partial charge in [-0.3, -0.25) is 4.79 Å². The van der Waals surface area contributed by atoms with Gasteiger partial charge in [0.2, 0.25) is 11.8 Å². The van der Waals surface area contributed by atoms with Gasteiger partial charge in [0.25, 0.3) is 0 Å². The fourth-order valence-electron chi connectivity index (χ4n) is 2.94. The van der Waals surface area contributed by atoms with E-state index in [-0.39, 0.29) is 23.8 Å². The Labute approximate surface area is 140 Å². The van der Waals surface area contributed by atoms with Crippen LogP contribution < -0.4 is 5.73 Å². The number of aryl methyl sites for hydroxylation is 1. The lowest BCUT2D eigenvalue weighted by molar-refractivity contribution is -0.133. The molecule has 0 radical (unpaired) electrons. The maximum atomic E-state index is 12.6. The molecule has 2 aromatic heterocycles. The number of hydrogen-bond acceptors (Lipinski definition) is 5. The molecule has 2 N–H and O–H groups in total. The Hall–Kier alpha value is -1.66. The Balaban J connectivity index is 1.71. The Morgan fingerprint density at radius 2 is 2.35 bits per heavy atom. The summed E-state index contributed by atoms with van der Waals surface area (Å²) in [7, 11) is 0. The second kappa shape index (κ2) is 6.09. The van der Waals surface area contributed by atoms with Gasteiger partial charge in [-0.05, 0) is 30.2 Å². The van der Waals surface area contributed by atoms with E-state index < -0.39 is 0 Å². The van der Waals surface area contributed by atoms with Crippen molar-refractivity contribution in [1.29, 1.82) is 0 Å². The van der Waals surface area contributed by atoms with Crippen molar-refractivity contribution in [3.05, 3.63) is 28.3 Å². The number of carbonyl (C=O) groups is 1. The molecule has 0 aromatic carbocycles. The van der Waals surface area contributed by atoms with Crippen LogP contribution in [0.2, 0.25) is 0 Å². The lowest BCUT2D eigenvalue weighted by Crippen LogP contribution is -2.54. The molecule has 1 aliphatic heterocycles. The molecule has 3 heterocycles. The third kappa shape index (κ3) is 3.33. The van der Waals surface area contributed by atoms with E-state index in [0.717, 1.165) is 24.2 Å². The molecule has 0 spiro atoms. The number of hydrogen-bond donors (Lipinski definition) is 1. The van der Waals surface area contributed by atoms with E-state index in [1.54, 1.807) is 11.3 Å². The van der Waals surface area contributed by atoms with Gasteiger partial charge in [-0.25, -0.2) is 4.98 Å². The van der Waals surface area contributed by atoms with Gasteiger partial charge in [-0.15, -0.1) is 0 Å². The van der Waals surface area contributed by atoms with Crippen molar-refractivity contribution in [2.75, 3.05) is 13.1 Å². The first kappa shape index (κ1) is 16.2. The summed E-state index contributed by atoms with van der Waals surface area (Å²) in [4.78, 5) is 19.0. The van der Waals surface area contributed by atoms with Crippen LogP contribution in [-0.4, -0.2) is 34.9 Å². The molecule has 1 saturated heterocycles. The van der Waals surface area contributed by atoms with Gasteiger partial charge in [-0.1, -0.05) is 13.8 Å². The molecule has 2 aromatic rings. The van der Waals surface area contributed by atoms with Gasteiger partial charge in [0.05, 0.1) is 12.1 Å². The first-order chi connectivity index (χ1) is 10.9. The summed E-state index contributed by atoms with van der Waals surface area (Å²) in [6, 6.07) is 2.11. The first-order valence-electron chi connectivity index (χ1n) is 7.89. The molecule has 1 aliphatic rings. The van der Waals surface area contributed by atoms with Crippen LogP contribution in [0.15, 0.2) is 21.2 Å². The monoisotopic (exact) mass is 333 g/mol. The molecule has 5 nitrogen and oxygen atoms in total. The van der Waals surface area contributed by atoms with Crippen LogP contribution in [0.5, 0.6) is 0 Å². The number of likely N-dealkylation sites (tertiary alicyclic amines) is 1. The number of aromatic nitrogens is 1. The third-order valence-corrected chi connectivity index (χ3v) is 5.33. The normalized spacial score (nSPS) is 20.7. The zero-order valence-electron chi connectivity index (χ0n) is 13.8. The molecule has 1 atom stereocenters. The van der Waals surface area contributed by atoms with Crippen molar-refractivity contribution in [2.45, 2.75) is 39.7 Å². The largest absolute Gasteiger partial charge is 0.441 e. The second-order valence-corrected chi connectivity index (χ2v) is 7.69. The van der Waals surface area contributed by atoms with E-state index in [4.69, 9.17) is 10.2 Å². The molecule has 0 saturated carbocycles. The van der Waals surface area contributed by atoms with E-state index in [1.807, 2.05) is 28.7 Å². The Bertz CT molecular complexity index is 691. The molecule has 1 fully saturated rings. The van der Waals surface area contributed by atoms with Crippen LogP contribution in [0.4, 0.5) is 0 Å². The standard InChI is InChI=1S/C17H23N3O2S/c1-11-13(19-16(22-11)12-5-7-23-9-12)8-15(21)20-6-4-14(18)17(2,3)10-20/h5,7,9,14H,4,6,8,10,18H2,1-3H3. The van der Waals surface area contributed by atoms with E-state index in [9.17, 15) is 4.79 Å². The number of nitrogens with two attached hydrogens (primary N) is 1. The van der Waals surface area contributed by atoms with Crippen molar-refractivity contribution >= 4 is 17.2 Å². The number of thiophene rings is 1. The highest BCUT2D eigenvalue weighted by Crippen LogP contribution is 2.29. The van der Waals surface area contributed by atoms with E-state index in [1.165, 1.54) is 0 Å². The van der Waals surface area contributed by atoms with Crippen LogP contribution >= 0.6 is 11.3 Å². The Kier molecular flexibility index (Phi) is 4.29. The highest BCUT2D eigenvalue weighted by atomic mass is 32.1. The predicted molar refractivity (Wildman–Crippen MR) is 91.2 cm³/mol. The molecule has 0 aliphatic carbocycles. The second-order valence-electron chi connectivity index (χ2n) is 6.91. The molecule has 0 bridgehead atoms. The third-order valence-electron chi connectivity index (χ3n) is 4.64. The Morgan fingerprint density at radius 3 is 3.00 bits per heavy atom. The maximum Gasteiger partial charge on any atom is 0.228 e. The number of nitrogens with zero attached hydrogens (tertiary/aromatic N) is 2. The average molecular weight is 333 g/mol. The van der Waals surface area contributed by atoms with E-state index in [2.05, 4.69) is 18.8 Å². The molecule has 6 heteroatoms. The summed E-state index contributed by atoms with van der Waals surface area (Å²) in [5, 5.41) is 3.98. The highest BCUT2D eigenvalue weighted by Gasteiger charge is 2.35. The van der Waals surface area contributed by atoms with Gasteiger partial charge in [0.1, 0.15) is 5.76 Å². The lowest BCUT2D eigenvalue weighted by Gasteiger charge is -2.42.